The van der Waals surface area contributed by atoms with Gasteiger partial charge in [0.1, 0.15) is 5.57 Å². The maximum absolute atomic E-state index is 13.8. The highest BCUT2D eigenvalue weighted by atomic mass is 19.2. The lowest BCUT2D eigenvalue weighted by molar-refractivity contribution is -0.146. The Morgan fingerprint density at radius 1 is 1.62 bits per heavy atom. The van der Waals surface area contributed by atoms with Crippen molar-refractivity contribution in [2.75, 3.05) is 14.2 Å². The van der Waals surface area contributed by atoms with E-state index in [4.69, 9.17) is 0 Å². The monoisotopic (exact) mass is 186 g/mol. The number of carbonyl (C=O) groups is 1. The molecule has 1 aliphatic rings. The molecule has 0 radical (unpaired) electrons. The van der Waals surface area contributed by atoms with Gasteiger partial charge in [0.25, 0.3) is 0 Å². The van der Waals surface area contributed by atoms with Gasteiger partial charge in [-0.15, -0.1) is 0 Å². The highest BCUT2D eigenvalue weighted by molar-refractivity contribution is 5.91. The number of halogens is 1. The van der Waals surface area contributed by atoms with Gasteiger partial charge in [-0.25, -0.2) is 9.18 Å². The first-order valence-electron chi connectivity index (χ1n) is 3.83. The minimum Gasteiger partial charge on any atom is -0.465 e. The normalized spacial score (nSPS) is 26.8. The lowest BCUT2D eigenvalue weighted by Gasteiger charge is -2.25. The first-order chi connectivity index (χ1) is 6.14. The fourth-order valence-corrected chi connectivity index (χ4v) is 1.14. The number of ether oxygens (including phenoxy) is 2. The quantitative estimate of drug-likeness (QED) is 0.611. The van der Waals surface area contributed by atoms with Crippen LogP contribution in [0.15, 0.2) is 23.8 Å². The van der Waals surface area contributed by atoms with Crippen LogP contribution in [0, 0.1) is 0 Å². The second kappa shape index (κ2) is 3.70. The first-order valence-corrected chi connectivity index (χ1v) is 3.83. The lowest BCUT2D eigenvalue weighted by Crippen LogP contribution is -2.33. The average Bonchev–Trinajstić information content (AvgIpc) is 2.17. The number of esters is 1. The highest BCUT2D eigenvalue weighted by Gasteiger charge is 2.39. The SMILES string of the molecule is COC(=O)C1=CC=CC[C@]1(F)OC. The summed E-state index contributed by atoms with van der Waals surface area (Å²) in [5.41, 5.74) is -0.0972. The minimum absolute atomic E-state index is 0.0322. The van der Waals surface area contributed by atoms with Crippen LogP contribution < -0.4 is 0 Å². The van der Waals surface area contributed by atoms with Crippen molar-refractivity contribution < 1.29 is 18.7 Å². The zero-order valence-corrected chi connectivity index (χ0v) is 7.54. The molecule has 1 rings (SSSR count). The molecule has 0 bridgehead atoms. The molecule has 0 aliphatic heterocycles. The second-order valence-electron chi connectivity index (χ2n) is 2.64. The van der Waals surface area contributed by atoms with E-state index in [2.05, 4.69) is 9.47 Å². The molecule has 0 saturated heterocycles. The summed E-state index contributed by atoms with van der Waals surface area (Å²) in [7, 11) is 2.42. The van der Waals surface area contributed by atoms with Crippen LogP contribution in [0.2, 0.25) is 0 Å². The Morgan fingerprint density at radius 3 is 2.85 bits per heavy atom. The molecule has 72 valence electrons. The molecule has 4 heteroatoms. The van der Waals surface area contributed by atoms with E-state index in [9.17, 15) is 9.18 Å². The van der Waals surface area contributed by atoms with Gasteiger partial charge in [-0.05, 0) is 6.08 Å². The van der Waals surface area contributed by atoms with Gasteiger partial charge < -0.3 is 9.47 Å². The van der Waals surface area contributed by atoms with Crippen LogP contribution >= 0.6 is 0 Å². The van der Waals surface area contributed by atoms with Crippen LogP contribution in [0.5, 0.6) is 0 Å². The van der Waals surface area contributed by atoms with Crippen LogP contribution in [-0.2, 0) is 14.3 Å². The fraction of sp³-hybridized carbons (Fsp3) is 0.444. The lowest BCUT2D eigenvalue weighted by atomic mass is 9.99. The summed E-state index contributed by atoms with van der Waals surface area (Å²) in [6.07, 6.45) is 4.59. The number of hydrogen-bond donors (Lipinski definition) is 0. The summed E-state index contributed by atoms with van der Waals surface area (Å²) in [6.45, 7) is 0. The molecule has 1 aliphatic carbocycles. The van der Waals surface area contributed by atoms with Gasteiger partial charge in [0.15, 0.2) is 0 Å². The maximum atomic E-state index is 13.8. The molecule has 13 heavy (non-hydrogen) atoms. The van der Waals surface area contributed by atoms with Gasteiger partial charge >= 0.3 is 5.97 Å². The molecule has 0 fully saturated rings. The largest absolute Gasteiger partial charge is 0.465 e. The van der Waals surface area contributed by atoms with E-state index in [1.165, 1.54) is 20.3 Å². The number of allylic oxidation sites excluding steroid dienone is 2. The molecule has 0 N–H and O–H groups in total. The molecule has 0 heterocycles. The summed E-state index contributed by atoms with van der Waals surface area (Å²) < 4.78 is 22.8. The third-order valence-corrected chi connectivity index (χ3v) is 1.91. The van der Waals surface area contributed by atoms with Crippen LogP contribution in [0.3, 0.4) is 0 Å². The standard InChI is InChI=1S/C9H11FO3/c1-12-8(11)7-5-3-4-6-9(7,10)13-2/h3-5H,6H2,1-2H3/t9-/m0/s1. The molecule has 0 aromatic heterocycles. The molecular weight excluding hydrogens is 175 g/mol. The molecule has 0 aromatic carbocycles. The molecule has 0 spiro atoms. The van der Waals surface area contributed by atoms with E-state index < -0.39 is 11.8 Å². The smallest absolute Gasteiger partial charge is 0.339 e. The van der Waals surface area contributed by atoms with Crippen molar-refractivity contribution in [1.29, 1.82) is 0 Å². The molecule has 0 aromatic rings. The molecule has 3 nitrogen and oxygen atoms in total. The third-order valence-electron chi connectivity index (χ3n) is 1.91. The summed E-state index contributed by atoms with van der Waals surface area (Å²) in [5.74, 6) is -2.74. The van der Waals surface area contributed by atoms with Crippen molar-refractivity contribution in [3.8, 4) is 0 Å². The molecular formula is C9H11FO3. The van der Waals surface area contributed by atoms with Crippen molar-refractivity contribution in [2.45, 2.75) is 12.3 Å². The Labute approximate surface area is 75.8 Å². The van der Waals surface area contributed by atoms with Gasteiger partial charge in [0.2, 0.25) is 5.85 Å². The first kappa shape index (κ1) is 9.92. The van der Waals surface area contributed by atoms with Crippen molar-refractivity contribution in [1.82, 2.24) is 0 Å². The van der Waals surface area contributed by atoms with Crippen LogP contribution in [0.4, 0.5) is 4.39 Å². The molecule has 0 amide bonds. The van der Waals surface area contributed by atoms with Gasteiger partial charge in [-0.2, -0.15) is 0 Å². The van der Waals surface area contributed by atoms with E-state index >= 15 is 0 Å². The van der Waals surface area contributed by atoms with Gasteiger partial charge in [0, 0.05) is 13.5 Å². The Bertz CT molecular complexity index is 270. The van der Waals surface area contributed by atoms with E-state index in [-0.39, 0.29) is 12.0 Å². The molecule has 0 saturated carbocycles. The fourth-order valence-electron chi connectivity index (χ4n) is 1.14. The predicted octanol–water partition coefficient (Wildman–Crippen LogP) is 1.36. The summed E-state index contributed by atoms with van der Waals surface area (Å²) >= 11 is 0. The maximum Gasteiger partial charge on any atom is 0.339 e. The predicted molar refractivity (Wildman–Crippen MR) is 44.7 cm³/mol. The zero-order chi connectivity index (χ0) is 9.90. The van der Waals surface area contributed by atoms with Crippen molar-refractivity contribution >= 4 is 5.97 Å². The number of alkyl halides is 1. The molecule has 1 atom stereocenters. The number of methoxy groups -OCH3 is 2. The van der Waals surface area contributed by atoms with Gasteiger partial charge in [-0.1, -0.05) is 12.2 Å². The number of hydrogen-bond acceptors (Lipinski definition) is 3. The van der Waals surface area contributed by atoms with Crippen LogP contribution in [0.25, 0.3) is 0 Å². The Balaban J connectivity index is 2.95. The van der Waals surface area contributed by atoms with E-state index in [0.717, 1.165) is 0 Å². The van der Waals surface area contributed by atoms with Crippen LogP contribution in [-0.4, -0.2) is 26.0 Å². The van der Waals surface area contributed by atoms with Crippen molar-refractivity contribution in [3.05, 3.63) is 23.8 Å². The highest BCUT2D eigenvalue weighted by Crippen LogP contribution is 2.31. The zero-order valence-electron chi connectivity index (χ0n) is 7.54. The Hall–Kier alpha value is -1.16. The van der Waals surface area contributed by atoms with Gasteiger partial charge in [-0.3, -0.25) is 0 Å². The second-order valence-corrected chi connectivity index (χ2v) is 2.64. The minimum atomic E-state index is -2.04. The third kappa shape index (κ3) is 1.78. The summed E-state index contributed by atoms with van der Waals surface area (Å²) in [4.78, 5) is 11.1. The van der Waals surface area contributed by atoms with Crippen molar-refractivity contribution in [2.24, 2.45) is 0 Å². The summed E-state index contributed by atoms with van der Waals surface area (Å²) in [5, 5.41) is 0. The van der Waals surface area contributed by atoms with Crippen LogP contribution in [0.1, 0.15) is 6.42 Å². The topological polar surface area (TPSA) is 35.5 Å². The van der Waals surface area contributed by atoms with Crippen molar-refractivity contribution in [3.63, 3.8) is 0 Å². The Morgan fingerprint density at radius 2 is 2.31 bits per heavy atom. The van der Waals surface area contributed by atoms with Gasteiger partial charge in [0.05, 0.1) is 7.11 Å². The van der Waals surface area contributed by atoms with E-state index in [0.29, 0.717) is 0 Å². The van der Waals surface area contributed by atoms with E-state index in [1.54, 1.807) is 12.2 Å². The average molecular weight is 186 g/mol. The number of carbonyl (C=O) groups excluding carboxylic acids is 1. The summed E-state index contributed by atoms with van der Waals surface area (Å²) in [6, 6.07) is 0. The Kier molecular flexibility index (Phi) is 2.83. The molecule has 0 unspecified atom stereocenters. The number of rotatable bonds is 2. The van der Waals surface area contributed by atoms with E-state index in [1.807, 2.05) is 0 Å².